The van der Waals surface area contributed by atoms with Gasteiger partial charge in [-0.25, -0.2) is 4.79 Å². The third-order valence-corrected chi connectivity index (χ3v) is 6.26. The maximum Gasteiger partial charge on any atom is 0.414 e. The number of rotatable bonds is 4. The summed E-state index contributed by atoms with van der Waals surface area (Å²) >= 11 is 1.42. The molecule has 3 rings (SSSR count). The Labute approximate surface area is 174 Å². The lowest BCUT2D eigenvalue weighted by atomic mass is 9.88. The molecule has 1 heterocycles. The molecule has 1 aromatic heterocycles. The second-order valence-corrected chi connectivity index (χ2v) is 8.61. The number of nitrogens with one attached hydrogen (secondary N) is 2. The molecule has 154 valence electrons. The zero-order chi connectivity index (χ0) is 21.1. The number of ether oxygens (including phenoxy) is 1. The lowest BCUT2D eigenvalue weighted by molar-refractivity contribution is 0.0925. The summed E-state index contributed by atoms with van der Waals surface area (Å²) in [5.74, 6) is -0.278. The van der Waals surface area contributed by atoms with Crippen LogP contribution in [-0.2, 0) is 17.6 Å². The van der Waals surface area contributed by atoms with Gasteiger partial charge in [-0.3, -0.25) is 14.9 Å². The van der Waals surface area contributed by atoms with Gasteiger partial charge in [0.05, 0.1) is 12.2 Å². The first-order valence-electron chi connectivity index (χ1n) is 9.81. The van der Waals surface area contributed by atoms with Crippen molar-refractivity contribution in [1.82, 2.24) is 5.32 Å². The number of thiophene rings is 1. The average molecular weight is 415 g/mol. The molecule has 2 N–H and O–H groups in total. The van der Waals surface area contributed by atoms with Gasteiger partial charge in [0.15, 0.2) is 0 Å². The molecule has 0 saturated carbocycles. The first-order chi connectivity index (χ1) is 13.8. The highest BCUT2D eigenvalue weighted by Gasteiger charge is 2.29. The molecule has 0 fully saturated rings. The molecular formula is C22H26N2O4S. The number of fused-ring (bicyclic) bond motifs is 1. The maximum atomic E-state index is 12.9. The van der Waals surface area contributed by atoms with E-state index in [9.17, 15) is 14.4 Å². The summed E-state index contributed by atoms with van der Waals surface area (Å²) in [5.41, 5.74) is 3.72. The van der Waals surface area contributed by atoms with Crippen LogP contribution >= 0.6 is 11.3 Å². The van der Waals surface area contributed by atoms with Crippen LogP contribution in [0.3, 0.4) is 0 Å². The Bertz CT molecular complexity index is 964. The number of alkyl carbamates (subject to hydrolysis) is 1. The standard InChI is InChI=1S/C22H26N2O4S/c1-5-28-22(27)24-20(26)18-15-9-7-13(3)11-17(15)29-21(18)23-19(25)16-10-12(2)6-8-14(16)4/h6,8,10,13H,5,7,9,11H2,1-4H3,(H,23,25)(H,24,26,27)/t13-/m1/s1. The number of imide groups is 1. The van der Waals surface area contributed by atoms with Crippen molar-refractivity contribution in [1.29, 1.82) is 0 Å². The maximum absolute atomic E-state index is 12.9. The lowest BCUT2D eigenvalue weighted by Gasteiger charge is -2.18. The van der Waals surface area contributed by atoms with Gasteiger partial charge in [-0.2, -0.15) is 0 Å². The highest BCUT2D eigenvalue weighted by molar-refractivity contribution is 7.17. The molecule has 1 aliphatic rings. The molecule has 29 heavy (non-hydrogen) atoms. The summed E-state index contributed by atoms with van der Waals surface area (Å²) in [5, 5.41) is 5.68. The van der Waals surface area contributed by atoms with Gasteiger partial charge in [0.2, 0.25) is 0 Å². The van der Waals surface area contributed by atoms with E-state index in [-0.39, 0.29) is 12.5 Å². The fourth-order valence-corrected chi connectivity index (χ4v) is 4.96. The normalized spacial score (nSPS) is 15.4. The van der Waals surface area contributed by atoms with Crippen LogP contribution in [0.2, 0.25) is 0 Å². The Kier molecular flexibility index (Phi) is 6.37. The molecule has 0 bridgehead atoms. The second-order valence-electron chi connectivity index (χ2n) is 7.50. The van der Waals surface area contributed by atoms with Crippen LogP contribution in [0.15, 0.2) is 18.2 Å². The lowest BCUT2D eigenvalue weighted by Crippen LogP contribution is -2.32. The van der Waals surface area contributed by atoms with E-state index in [0.29, 0.717) is 22.0 Å². The van der Waals surface area contributed by atoms with E-state index >= 15 is 0 Å². The Balaban J connectivity index is 1.95. The van der Waals surface area contributed by atoms with Crippen LogP contribution in [0.5, 0.6) is 0 Å². The van der Waals surface area contributed by atoms with E-state index in [1.54, 1.807) is 6.92 Å². The molecule has 1 aliphatic carbocycles. The van der Waals surface area contributed by atoms with E-state index in [0.717, 1.165) is 40.8 Å². The molecule has 2 aromatic rings. The predicted molar refractivity (Wildman–Crippen MR) is 114 cm³/mol. The minimum Gasteiger partial charge on any atom is -0.450 e. The van der Waals surface area contributed by atoms with E-state index in [2.05, 4.69) is 17.6 Å². The van der Waals surface area contributed by atoms with Gasteiger partial charge < -0.3 is 10.1 Å². The fraction of sp³-hybridized carbons (Fsp3) is 0.409. The largest absolute Gasteiger partial charge is 0.450 e. The summed E-state index contributed by atoms with van der Waals surface area (Å²) in [7, 11) is 0. The molecular weight excluding hydrogens is 388 g/mol. The molecule has 1 atom stereocenters. The van der Waals surface area contributed by atoms with Gasteiger partial charge in [0.1, 0.15) is 5.00 Å². The van der Waals surface area contributed by atoms with Crippen molar-refractivity contribution >= 4 is 34.2 Å². The third kappa shape index (κ3) is 4.67. The summed E-state index contributed by atoms with van der Waals surface area (Å²) in [6, 6.07) is 5.69. The van der Waals surface area contributed by atoms with Gasteiger partial charge in [0, 0.05) is 10.4 Å². The zero-order valence-electron chi connectivity index (χ0n) is 17.2. The highest BCUT2D eigenvalue weighted by Crippen LogP contribution is 2.40. The van der Waals surface area contributed by atoms with Crippen molar-refractivity contribution in [2.75, 3.05) is 11.9 Å². The van der Waals surface area contributed by atoms with E-state index in [4.69, 9.17) is 4.74 Å². The van der Waals surface area contributed by atoms with Gasteiger partial charge in [-0.15, -0.1) is 11.3 Å². The van der Waals surface area contributed by atoms with Gasteiger partial charge in [-0.1, -0.05) is 24.6 Å². The Morgan fingerprint density at radius 1 is 1.21 bits per heavy atom. The van der Waals surface area contributed by atoms with Gasteiger partial charge in [-0.05, 0) is 63.1 Å². The van der Waals surface area contributed by atoms with Crippen LogP contribution < -0.4 is 10.6 Å². The Morgan fingerprint density at radius 3 is 2.69 bits per heavy atom. The van der Waals surface area contributed by atoms with Crippen molar-refractivity contribution in [2.24, 2.45) is 5.92 Å². The fourth-order valence-electron chi connectivity index (χ4n) is 3.55. The number of carbonyl (C=O) groups is 3. The van der Waals surface area contributed by atoms with Crippen molar-refractivity contribution in [3.8, 4) is 0 Å². The molecule has 0 saturated heterocycles. The molecule has 3 amide bonds. The molecule has 0 radical (unpaired) electrons. The topological polar surface area (TPSA) is 84.5 Å². The zero-order valence-corrected chi connectivity index (χ0v) is 18.0. The Hall–Kier alpha value is -2.67. The quantitative estimate of drug-likeness (QED) is 0.764. The van der Waals surface area contributed by atoms with Crippen molar-refractivity contribution in [3.05, 3.63) is 50.9 Å². The number of hydrogen-bond donors (Lipinski definition) is 2. The summed E-state index contributed by atoms with van der Waals surface area (Å²) in [6.45, 7) is 7.83. The molecule has 6 nitrogen and oxygen atoms in total. The Morgan fingerprint density at radius 2 is 1.97 bits per heavy atom. The molecule has 0 unspecified atom stereocenters. The number of aryl methyl sites for hydroxylation is 2. The SMILES string of the molecule is CCOC(=O)NC(=O)c1c(NC(=O)c2cc(C)ccc2C)sc2c1CC[C@@H](C)C2. The van der Waals surface area contributed by atoms with Crippen molar-refractivity contribution < 1.29 is 19.1 Å². The van der Waals surface area contributed by atoms with Gasteiger partial charge >= 0.3 is 6.09 Å². The van der Waals surface area contributed by atoms with Gasteiger partial charge in [0.25, 0.3) is 11.8 Å². The first kappa shape index (κ1) is 21.0. The number of anilines is 1. The second kappa shape index (κ2) is 8.78. The van der Waals surface area contributed by atoms with E-state index < -0.39 is 12.0 Å². The summed E-state index contributed by atoms with van der Waals surface area (Å²) in [4.78, 5) is 38.6. The molecule has 0 aliphatic heterocycles. The van der Waals surface area contributed by atoms with Crippen molar-refractivity contribution in [2.45, 2.75) is 47.0 Å². The van der Waals surface area contributed by atoms with E-state index in [1.165, 1.54) is 11.3 Å². The third-order valence-electron chi connectivity index (χ3n) is 5.09. The molecule has 0 spiro atoms. The predicted octanol–water partition coefficient (Wildman–Crippen LogP) is 4.63. The average Bonchev–Trinajstić information content (AvgIpc) is 3.00. The van der Waals surface area contributed by atoms with Crippen molar-refractivity contribution in [3.63, 3.8) is 0 Å². The van der Waals surface area contributed by atoms with Crippen LogP contribution in [0.4, 0.5) is 9.80 Å². The smallest absolute Gasteiger partial charge is 0.414 e. The van der Waals surface area contributed by atoms with E-state index in [1.807, 2.05) is 32.0 Å². The van der Waals surface area contributed by atoms with Crippen LogP contribution in [0.1, 0.15) is 62.6 Å². The highest BCUT2D eigenvalue weighted by atomic mass is 32.1. The number of carbonyl (C=O) groups excluding carboxylic acids is 3. The number of benzene rings is 1. The summed E-state index contributed by atoms with van der Waals surface area (Å²) in [6.07, 6.45) is 1.79. The minimum atomic E-state index is -0.784. The molecule has 1 aromatic carbocycles. The number of amides is 3. The van der Waals surface area contributed by atoms with Crippen LogP contribution in [-0.4, -0.2) is 24.5 Å². The number of hydrogen-bond acceptors (Lipinski definition) is 5. The van der Waals surface area contributed by atoms with Crippen LogP contribution in [0.25, 0.3) is 0 Å². The minimum absolute atomic E-state index is 0.175. The van der Waals surface area contributed by atoms with Crippen LogP contribution in [0, 0.1) is 19.8 Å². The molecule has 7 heteroatoms. The monoisotopic (exact) mass is 414 g/mol. The first-order valence-corrected chi connectivity index (χ1v) is 10.6. The summed E-state index contributed by atoms with van der Waals surface area (Å²) < 4.78 is 4.84.